The number of hydrogen-bond donors (Lipinski definition) is 2. The number of rotatable bonds is 4. The van der Waals surface area contributed by atoms with Crippen LogP contribution in [0, 0.1) is 0 Å². The molecule has 2 N–H and O–H groups in total. The van der Waals surface area contributed by atoms with Gasteiger partial charge in [-0.3, -0.25) is 4.79 Å². The highest BCUT2D eigenvalue weighted by atomic mass is 16.3. The van der Waals surface area contributed by atoms with Crippen LogP contribution in [-0.2, 0) is 10.4 Å². The van der Waals surface area contributed by atoms with E-state index >= 15 is 0 Å². The number of carbonyl (C=O) groups excluding carboxylic acids is 2. The van der Waals surface area contributed by atoms with E-state index < -0.39 is 11.6 Å². The summed E-state index contributed by atoms with van der Waals surface area (Å²) in [4.78, 5) is 27.6. The number of amides is 3. The van der Waals surface area contributed by atoms with E-state index in [1.54, 1.807) is 23.8 Å². The van der Waals surface area contributed by atoms with Crippen LogP contribution in [0.2, 0.25) is 0 Å². The largest absolute Gasteiger partial charge is 0.385 e. The van der Waals surface area contributed by atoms with E-state index in [-0.39, 0.29) is 11.9 Å². The molecule has 1 aromatic carbocycles. The summed E-state index contributed by atoms with van der Waals surface area (Å²) in [7, 11) is 1.71. The Hall–Kier alpha value is -2.08. The van der Waals surface area contributed by atoms with Gasteiger partial charge in [0.25, 0.3) is 0 Å². The second-order valence-corrected chi connectivity index (χ2v) is 6.41. The number of nitrogens with zero attached hydrogens (tertiary/aromatic N) is 2. The molecule has 6 nitrogen and oxygen atoms in total. The zero-order chi connectivity index (χ0) is 17.7. The Morgan fingerprint density at radius 1 is 1.29 bits per heavy atom. The Labute approximate surface area is 143 Å². The van der Waals surface area contributed by atoms with Gasteiger partial charge in [0, 0.05) is 26.7 Å². The molecule has 0 saturated carbocycles. The van der Waals surface area contributed by atoms with Crippen LogP contribution in [0.25, 0.3) is 0 Å². The molecule has 1 saturated heterocycles. The van der Waals surface area contributed by atoms with Gasteiger partial charge >= 0.3 is 6.03 Å². The molecule has 1 heterocycles. The molecular weight excluding hydrogens is 306 g/mol. The Balaban J connectivity index is 1.90. The van der Waals surface area contributed by atoms with Crippen LogP contribution in [-0.4, -0.2) is 59.6 Å². The van der Waals surface area contributed by atoms with Gasteiger partial charge in [0.2, 0.25) is 5.91 Å². The predicted molar refractivity (Wildman–Crippen MR) is 92.5 cm³/mol. The second kappa shape index (κ2) is 7.66. The first-order valence-corrected chi connectivity index (χ1v) is 8.45. The number of piperidine rings is 1. The van der Waals surface area contributed by atoms with Gasteiger partial charge < -0.3 is 20.2 Å². The molecule has 1 atom stereocenters. The first kappa shape index (κ1) is 18.3. The van der Waals surface area contributed by atoms with Crippen molar-refractivity contribution in [3.63, 3.8) is 0 Å². The fraction of sp³-hybridized carbons (Fsp3) is 0.556. The van der Waals surface area contributed by atoms with E-state index in [0.29, 0.717) is 32.5 Å². The monoisotopic (exact) mass is 333 g/mol. The van der Waals surface area contributed by atoms with Gasteiger partial charge in [-0.2, -0.15) is 0 Å². The Morgan fingerprint density at radius 2 is 1.88 bits per heavy atom. The van der Waals surface area contributed by atoms with Crippen LogP contribution >= 0.6 is 0 Å². The van der Waals surface area contributed by atoms with Crippen LogP contribution in [0.3, 0.4) is 0 Å². The summed E-state index contributed by atoms with van der Waals surface area (Å²) in [6.45, 7) is 5.11. The molecule has 2 rings (SSSR count). The van der Waals surface area contributed by atoms with Crippen molar-refractivity contribution in [2.75, 3.05) is 26.7 Å². The minimum Gasteiger partial charge on any atom is -0.385 e. The van der Waals surface area contributed by atoms with Crippen molar-refractivity contribution in [1.29, 1.82) is 0 Å². The van der Waals surface area contributed by atoms with E-state index in [4.69, 9.17) is 0 Å². The maximum Gasteiger partial charge on any atom is 0.318 e. The highest BCUT2D eigenvalue weighted by Gasteiger charge is 2.35. The lowest BCUT2D eigenvalue weighted by molar-refractivity contribution is -0.131. The van der Waals surface area contributed by atoms with Crippen molar-refractivity contribution < 1.29 is 14.7 Å². The molecule has 0 radical (unpaired) electrons. The lowest BCUT2D eigenvalue weighted by atomic mass is 9.84. The first-order valence-electron chi connectivity index (χ1n) is 8.45. The molecular formula is C18H27N3O3. The Bertz CT molecular complexity index is 568. The molecule has 1 aliphatic rings. The van der Waals surface area contributed by atoms with Crippen molar-refractivity contribution in [2.24, 2.45) is 0 Å². The summed E-state index contributed by atoms with van der Waals surface area (Å²) in [6, 6.07) is 8.75. The topological polar surface area (TPSA) is 72.9 Å². The van der Waals surface area contributed by atoms with Crippen molar-refractivity contribution in [3.05, 3.63) is 35.9 Å². The van der Waals surface area contributed by atoms with Gasteiger partial charge in [-0.25, -0.2) is 4.79 Å². The van der Waals surface area contributed by atoms with Crippen LogP contribution in [0.15, 0.2) is 30.3 Å². The smallest absolute Gasteiger partial charge is 0.318 e. The van der Waals surface area contributed by atoms with Crippen molar-refractivity contribution >= 4 is 11.9 Å². The fourth-order valence-corrected chi connectivity index (χ4v) is 2.94. The molecule has 1 aromatic rings. The lowest BCUT2D eigenvalue weighted by Crippen LogP contribution is -2.53. The number of benzene rings is 1. The van der Waals surface area contributed by atoms with Crippen LogP contribution in [0.1, 0.15) is 32.3 Å². The normalized spacial score (nSPS) is 17.9. The third-order valence-corrected chi connectivity index (χ3v) is 4.75. The average molecular weight is 333 g/mol. The zero-order valence-electron chi connectivity index (χ0n) is 14.7. The van der Waals surface area contributed by atoms with Gasteiger partial charge in [-0.15, -0.1) is 0 Å². The number of urea groups is 1. The number of hydrogen-bond acceptors (Lipinski definition) is 3. The van der Waals surface area contributed by atoms with Gasteiger partial charge in [0.1, 0.15) is 6.04 Å². The molecule has 1 fully saturated rings. The molecule has 132 valence electrons. The van der Waals surface area contributed by atoms with Crippen molar-refractivity contribution in [2.45, 2.75) is 38.3 Å². The molecule has 6 heteroatoms. The summed E-state index contributed by atoms with van der Waals surface area (Å²) in [5, 5.41) is 13.5. The van der Waals surface area contributed by atoms with Gasteiger partial charge in [-0.05, 0) is 32.3 Å². The maximum atomic E-state index is 12.3. The van der Waals surface area contributed by atoms with Crippen LogP contribution in [0.4, 0.5) is 4.79 Å². The summed E-state index contributed by atoms with van der Waals surface area (Å²) < 4.78 is 0. The molecule has 24 heavy (non-hydrogen) atoms. The number of likely N-dealkylation sites (N-methyl/N-ethyl adjacent to an activating group) is 1. The Morgan fingerprint density at radius 3 is 2.42 bits per heavy atom. The van der Waals surface area contributed by atoms with E-state index in [2.05, 4.69) is 5.32 Å². The molecule has 1 aliphatic heterocycles. The average Bonchev–Trinajstić information content (AvgIpc) is 2.61. The molecule has 3 amide bonds. The standard InChI is InChI=1S/C18H27N3O3/c1-4-20(3)16(22)14(2)19-17(23)21-12-10-18(24,11-13-21)15-8-6-5-7-9-15/h5-9,14,24H,4,10-13H2,1-3H3,(H,19,23)/t14-/m0/s1. The van der Waals surface area contributed by atoms with Crippen molar-refractivity contribution in [3.8, 4) is 0 Å². The van der Waals surface area contributed by atoms with E-state index in [0.717, 1.165) is 5.56 Å². The molecule has 0 bridgehead atoms. The minimum atomic E-state index is -0.887. The lowest BCUT2D eigenvalue weighted by Gasteiger charge is -2.38. The van der Waals surface area contributed by atoms with Gasteiger partial charge in [-0.1, -0.05) is 30.3 Å². The summed E-state index contributed by atoms with van der Waals surface area (Å²) in [6.07, 6.45) is 0.975. The van der Waals surface area contributed by atoms with Gasteiger partial charge in [0.15, 0.2) is 0 Å². The summed E-state index contributed by atoms with van der Waals surface area (Å²) in [5.41, 5.74) is 0.000199. The highest BCUT2D eigenvalue weighted by molar-refractivity contribution is 5.86. The number of nitrogens with one attached hydrogen (secondary N) is 1. The van der Waals surface area contributed by atoms with Gasteiger partial charge in [0.05, 0.1) is 5.60 Å². The summed E-state index contributed by atoms with van der Waals surface area (Å²) in [5.74, 6) is -0.108. The van der Waals surface area contributed by atoms with Crippen LogP contribution < -0.4 is 5.32 Å². The van der Waals surface area contributed by atoms with E-state index in [1.165, 1.54) is 0 Å². The number of carbonyl (C=O) groups is 2. The van der Waals surface area contributed by atoms with E-state index in [1.807, 2.05) is 37.3 Å². The SMILES string of the molecule is CCN(C)C(=O)[C@H](C)NC(=O)N1CCC(O)(c2ccccc2)CC1. The second-order valence-electron chi connectivity index (χ2n) is 6.41. The fourth-order valence-electron chi connectivity index (χ4n) is 2.94. The number of likely N-dealkylation sites (tertiary alicyclic amines) is 1. The third-order valence-electron chi connectivity index (χ3n) is 4.75. The predicted octanol–water partition coefficient (Wildman–Crippen LogP) is 1.55. The maximum absolute atomic E-state index is 12.3. The molecule has 0 aliphatic carbocycles. The number of aliphatic hydroxyl groups is 1. The quantitative estimate of drug-likeness (QED) is 0.878. The summed E-state index contributed by atoms with van der Waals surface area (Å²) >= 11 is 0. The van der Waals surface area contributed by atoms with E-state index in [9.17, 15) is 14.7 Å². The highest BCUT2D eigenvalue weighted by Crippen LogP contribution is 2.32. The zero-order valence-corrected chi connectivity index (χ0v) is 14.7. The Kier molecular flexibility index (Phi) is 5.83. The minimum absolute atomic E-state index is 0.108. The van der Waals surface area contributed by atoms with Crippen LogP contribution in [0.5, 0.6) is 0 Å². The molecule has 0 unspecified atom stereocenters. The molecule has 0 spiro atoms. The first-order chi connectivity index (χ1) is 11.4. The third kappa shape index (κ3) is 4.06. The molecule has 0 aromatic heterocycles. The van der Waals surface area contributed by atoms with Crippen molar-refractivity contribution in [1.82, 2.24) is 15.1 Å².